The lowest BCUT2D eigenvalue weighted by molar-refractivity contribution is -0.135. The fraction of sp³-hybridized carbons (Fsp3) is 0.562. The minimum atomic E-state index is -0.441. The number of benzene rings is 2. The predicted octanol–water partition coefficient (Wildman–Crippen LogP) is 5.22. The number of nitrogens with one attached hydrogen (secondary N) is 1. The summed E-state index contributed by atoms with van der Waals surface area (Å²) in [5, 5.41) is 3.23. The van der Waals surface area contributed by atoms with Crippen LogP contribution >= 0.6 is 0 Å². The van der Waals surface area contributed by atoms with Crippen LogP contribution in [0.25, 0.3) is 0 Å². The highest BCUT2D eigenvalue weighted by molar-refractivity contribution is 5.96. The lowest BCUT2D eigenvalue weighted by Crippen LogP contribution is -2.52. The lowest BCUT2D eigenvalue weighted by Gasteiger charge is -2.41. The van der Waals surface area contributed by atoms with E-state index in [1.54, 1.807) is 0 Å². The van der Waals surface area contributed by atoms with E-state index in [0.29, 0.717) is 44.7 Å². The van der Waals surface area contributed by atoms with Gasteiger partial charge >= 0.3 is 0 Å². The minimum Gasteiger partial charge on any atom is -0.492 e. The summed E-state index contributed by atoms with van der Waals surface area (Å²) in [4.78, 5) is 31.5. The first-order valence-corrected chi connectivity index (χ1v) is 14.8. The van der Waals surface area contributed by atoms with Gasteiger partial charge in [0.2, 0.25) is 5.91 Å². The van der Waals surface area contributed by atoms with Gasteiger partial charge in [0, 0.05) is 31.7 Å². The van der Waals surface area contributed by atoms with Crippen molar-refractivity contribution in [3.8, 4) is 11.5 Å². The van der Waals surface area contributed by atoms with Crippen molar-refractivity contribution in [1.29, 1.82) is 0 Å². The first kappa shape index (κ1) is 27.4. The number of likely N-dealkylation sites (tertiary alicyclic amines) is 1. The van der Waals surface area contributed by atoms with Crippen LogP contribution in [0.3, 0.4) is 0 Å². The van der Waals surface area contributed by atoms with Crippen molar-refractivity contribution in [3.05, 3.63) is 53.6 Å². The topological polar surface area (TPSA) is 71.1 Å². The summed E-state index contributed by atoms with van der Waals surface area (Å²) >= 11 is 0. The highest BCUT2D eigenvalue weighted by Gasteiger charge is 2.42. The molecule has 5 rings (SSSR count). The molecule has 7 nitrogen and oxygen atoms in total. The highest BCUT2D eigenvalue weighted by Crippen LogP contribution is 2.39. The van der Waals surface area contributed by atoms with Crippen LogP contribution in [-0.2, 0) is 11.2 Å². The van der Waals surface area contributed by atoms with E-state index >= 15 is 0 Å². The number of para-hydroxylation sites is 1. The molecule has 2 amide bonds. The molecule has 2 aromatic carbocycles. The number of anilines is 1. The highest BCUT2D eigenvalue weighted by atomic mass is 16.5. The molecule has 0 aliphatic carbocycles. The Hall–Kier alpha value is -3.22. The second kappa shape index (κ2) is 12.3. The number of fused-ring (bicyclic) bond motifs is 1. The van der Waals surface area contributed by atoms with Crippen LogP contribution in [0, 0.1) is 5.41 Å². The van der Waals surface area contributed by atoms with E-state index < -0.39 is 5.41 Å². The first-order chi connectivity index (χ1) is 19.0. The largest absolute Gasteiger partial charge is 0.492 e. The maximum atomic E-state index is 13.6. The van der Waals surface area contributed by atoms with E-state index in [1.165, 1.54) is 5.56 Å². The summed E-state index contributed by atoms with van der Waals surface area (Å²) in [6.45, 7) is 8.20. The number of rotatable bonds is 4. The van der Waals surface area contributed by atoms with E-state index in [1.807, 2.05) is 49.1 Å². The summed E-state index contributed by atoms with van der Waals surface area (Å²) in [5.41, 5.74) is 2.51. The Labute approximate surface area is 232 Å². The molecule has 1 N–H and O–H groups in total. The van der Waals surface area contributed by atoms with Crippen molar-refractivity contribution < 1.29 is 19.1 Å². The summed E-state index contributed by atoms with van der Waals surface area (Å²) in [7, 11) is 0. The van der Waals surface area contributed by atoms with E-state index in [4.69, 9.17) is 9.47 Å². The number of ether oxygens (including phenoxy) is 2. The van der Waals surface area contributed by atoms with Crippen LogP contribution in [0.2, 0.25) is 0 Å². The molecule has 0 unspecified atom stereocenters. The Kier molecular flexibility index (Phi) is 8.63. The average molecular weight is 534 g/mol. The van der Waals surface area contributed by atoms with E-state index in [2.05, 4.69) is 22.3 Å². The quantitative estimate of drug-likeness (QED) is 0.584. The van der Waals surface area contributed by atoms with Gasteiger partial charge in [-0.1, -0.05) is 24.6 Å². The summed E-state index contributed by atoms with van der Waals surface area (Å²) < 4.78 is 12.0. The van der Waals surface area contributed by atoms with Crippen LogP contribution in [-0.4, -0.2) is 62.1 Å². The lowest BCUT2D eigenvalue weighted by atomic mass is 9.73. The van der Waals surface area contributed by atoms with Gasteiger partial charge in [0.25, 0.3) is 5.91 Å². The predicted molar refractivity (Wildman–Crippen MR) is 154 cm³/mol. The van der Waals surface area contributed by atoms with Gasteiger partial charge in [0.1, 0.15) is 18.1 Å². The molecule has 210 valence electrons. The van der Waals surface area contributed by atoms with Gasteiger partial charge in [-0.3, -0.25) is 9.59 Å². The Morgan fingerprint density at radius 3 is 2.56 bits per heavy atom. The molecule has 39 heavy (non-hydrogen) atoms. The van der Waals surface area contributed by atoms with Crippen molar-refractivity contribution in [2.24, 2.45) is 5.41 Å². The maximum absolute atomic E-state index is 13.6. The normalized spacial score (nSPS) is 21.8. The number of nitrogens with zero attached hydrogens (tertiary/aromatic N) is 2. The zero-order valence-corrected chi connectivity index (χ0v) is 23.5. The van der Waals surface area contributed by atoms with Gasteiger partial charge in [0.05, 0.1) is 23.8 Å². The van der Waals surface area contributed by atoms with Crippen LogP contribution in [0.4, 0.5) is 5.69 Å². The van der Waals surface area contributed by atoms with Crippen LogP contribution in [0.5, 0.6) is 11.5 Å². The number of amides is 2. The van der Waals surface area contributed by atoms with Crippen molar-refractivity contribution in [1.82, 2.24) is 10.2 Å². The van der Waals surface area contributed by atoms with Crippen LogP contribution < -0.4 is 19.7 Å². The second-order valence-electron chi connectivity index (χ2n) is 11.4. The minimum absolute atomic E-state index is 0.0419. The molecule has 3 heterocycles. The molecule has 2 fully saturated rings. The van der Waals surface area contributed by atoms with Crippen LogP contribution in [0.1, 0.15) is 74.7 Å². The smallest absolute Gasteiger partial charge is 0.253 e. The number of hydrogen-bond acceptors (Lipinski definition) is 5. The van der Waals surface area contributed by atoms with Crippen molar-refractivity contribution >= 4 is 17.5 Å². The zero-order valence-electron chi connectivity index (χ0n) is 23.5. The molecule has 1 spiro atoms. The summed E-state index contributed by atoms with van der Waals surface area (Å²) in [6.07, 6.45) is 7.48. The molecule has 0 radical (unpaired) electrons. The van der Waals surface area contributed by atoms with Gasteiger partial charge in [-0.05, 0) is 88.6 Å². The van der Waals surface area contributed by atoms with Gasteiger partial charge in [-0.2, -0.15) is 0 Å². The molecule has 1 atom stereocenters. The fourth-order valence-corrected chi connectivity index (χ4v) is 6.31. The van der Waals surface area contributed by atoms with E-state index in [-0.39, 0.29) is 17.9 Å². The third kappa shape index (κ3) is 6.18. The Morgan fingerprint density at radius 1 is 1.03 bits per heavy atom. The van der Waals surface area contributed by atoms with Crippen molar-refractivity contribution in [2.45, 2.75) is 71.3 Å². The van der Waals surface area contributed by atoms with Gasteiger partial charge in [-0.15, -0.1) is 0 Å². The molecule has 0 saturated carbocycles. The van der Waals surface area contributed by atoms with Gasteiger partial charge in [0.15, 0.2) is 0 Å². The number of piperidine rings is 1. The Bertz CT molecular complexity index is 1150. The first-order valence-electron chi connectivity index (χ1n) is 14.8. The third-order valence-corrected chi connectivity index (χ3v) is 8.63. The van der Waals surface area contributed by atoms with Crippen LogP contribution in [0.15, 0.2) is 42.5 Å². The molecule has 2 aromatic rings. The number of carbonyl (C=O) groups is 2. The van der Waals surface area contributed by atoms with Crippen molar-refractivity contribution in [2.75, 3.05) is 44.3 Å². The van der Waals surface area contributed by atoms with Gasteiger partial charge in [-0.25, -0.2) is 0 Å². The molecule has 3 aliphatic rings. The second-order valence-corrected chi connectivity index (χ2v) is 11.4. The zero-order chi connectivity index (χ0) is 27.2. The van der Waals surface area contributed by atoms with E-state index in [0.717, 1.165) is 68.8 Å². The Balaban J connectivity index is 1.27. The molecule has 0 bridgehead atoms. The molecular formula is C32H43N3O4. The standard InChI is InChI=1S/C32H43N3O4/c1-3-38-29-14-13-26(22-27(29)34-18-8-9-19-34)30(36)35-20-16-32(17-21-35)15-7-6-11-25-10-4-5-12-28(25)39-23-24(2)33-31(32)37/h4-5,10,12-14,22,24H,3,6-9,11,15-21,23H2,1-2H3,(H,33,37)/t24-/m1/s1. The maximum Gasteiger partial charge on any atom is 0.253 e. The fourth-order valence-electron chi connectivity index (χ4n) is 6.31. The number of hydrogen-bond donors (Lipinski definition) is 1. The third-order valence-electron chi connectivity index (χ3n) is 8.63. The summed E-state index contributed by atoms with van der Waals surface area (Å²) in [5.74, 6) is 1.92. The molecule has 7 heteroatoms. The monoisotopic (exact) mass is 533 g/mol. The number of carbonyl (C=O) groups excluding carboxylic acids is 2. The average Bonchev–Trinajstić information content (AvgIpc) is 3.49. The molecule has 0 aromatic heterocycles. The van der Waals surface area contributed by atoms with E-state index in [9.17, 15) is 9.59 Å². The number of aryl methyl sites for hydroxylation is 1. The molecular weight excluding hydrogens is 490 g/mol. The summed E-state index contributed by atoms with van der Waals surface area (Å²) in [6, 6.07) is 14.0. The Morgan fingerprint density at radius 2 is 1.79 bits per heavy atom. The van der Waals surface area contributed by atoms with Crippen molar-refractivity contribution in [3.63, 3.8) is 0 Å². The van der Waals surface area contributed by atoms with Gasteiger partial charge < -0.3 is 24.6 Å². The molecule has 3 aliphatic heterocycles. The SMILES string of the molecule is CCOc1ccc(C(=O)N2CCC3(CCCCc4ccccc4OC[C@@H](C)NC3=O)CC2)cc1N1CCCC1. The molecule has 2 saturated heterocycles.